The van der Waals surface area contributed by atoms with E-state index in [-0.39, 0.29) is 26.2 Å². The summed E-state index contributed by atoms with van der Waals surface area (Å²) in [6.07, 6.45) is 39.8. The lowest BCUT2D eigenvalue weighted by Gasteiger charge is -2.28. The highest BCUT2D eigenvalue weighted by atomic mass is 31.2. The molecule has 0 aliphatic rings. The van der Waals surface area contributed by atoms with Gasteiger partial charge in [-0.05, 0) is 44.6 Å². The molecule has 0 heterocycles. The van der Waals surface area contributed by atoms with Crippen LogP contribution >= 0.6 is 7.82 Å². The van der Waals surface area contributed by atoms with E-state index in [1.54, 1.807) is 6.26 Å². The third-order valence-corrected chi connectivity index (χ3v) is 10.3. The van der Waals surface area contributed by atoms with Crippen molar-refractivity contribution < 1.29 is 42.4 Å². The lowest BCUT2D eigenvalue weighted by molar-refractivity contribution is -0.870. The summed E-state index contributed by atoms with van der Waals surface area (Å²) in [6, 6.07) is 0. The van der Waals surface area contributed by atoms with Crippen molar-refractivity contribution >= 4 is 13.8 Å². The summed E-state index contributed by atoms with van der Waals surface area (Å²) in [4.78, 5) is 25.0. The Hall–Kier alpha value is -1.48. The van der Waals surface area contributed by atoms with Gasteiger partial charge >= 0.3 is 5.97 Å². The Morgan fingerprint density at radius 2 is 1.20 bits per heavy atom. The number of unbranched alkanes of at least 4 members (excludes halogenated alkanes) is 21. The number of esters is 1. The Kier molecular flexibility index (Phi) is 36.1. The van der Waals surface area contributed by atoms with Crippen LogP contribution in [0.3, 0.4) is 0 Å². The van der Waals surface area contributed by atoms with E-state index in [0.717, 1.165) is 51.4 Å². The number of aliphatic hydroxyl groups excluding tert-OH is 1. The Morgan fingerprint density at radius 3 is 1.81 bits per heavy atom. The van der Waals surface area contributed by atoms with Gasteiger partial charge in [0.1, 0.15) is 19.8 Å². The number of hydrogen-bond acceptors (Lipinski definition) is 8. The molecule has 0 aliphatic heterocycles. The van der Waals surface area contributed by atoms with Crippen LogP contribution in [0.5, 0.6) is 0 Å². The summed E-state index contributed by atoms with van der Waals surface area (Å²) in [6.45, 7) is 4.58. The first kappa shape index (κ1) is 52.5. The van der Waals surface area contributed by atoms with Gasteiger partial charge < -0.3 is 33.0 Å². The number of hydrogen-bond donors (Lipinski definition) is 1. The third-order valence-electron chi connectivity index (χ3n) is 9.36. The molecule has 3 unspecified atom stereocenters. The van der Waals surface area contributed by atoms with E-state index in [1.807, 2.05) is 45.4 Å². The lowest BCUT2D eigenvalue weighted by atomic mass is 10.0. The average Bonchev–Trinajstić information content (AvgIpc) is 3.11. The van der Waals surface area contributed by atoms with Gasteiger partial charge in [0.25, 0.3) is 7.82 Å². The van der Waals surface area contributed by atoms with Gasteiger partial charge in [0, 0.05) is 6.42 Å². The number of nitrogens with zero attached hydrogens (tertiary/aromatic N) is 1. The quantitative estimate of drug-likeness (QED) is 0.0163. The van der Waals surface area contributed by atoms with Gasteiger partial charge in [-0.3, -0.25) is 9.36 Å². The Labute approximate surface area is 332 Å². The molecule has 318 valence electrons. The van der Waals surface area contributed by atoms with E-state index in [9.17, 15) is 19.4 Å². The van der Waals surface area contributed by atoms with Crippen LogP contribution in [0, 0.1) is 0 Å². The molecule has 1 N–H and O–H groups in total. The molecule has 0 aliphatic carbocycles. The molecule has 0 saturated heterocycles. The Morgan fingerprint density at radius 1 is 0.685 bits per heavy atom. The van der Waals surface area contributed by atoms with Crippen molar-refractivity contribution in [3.05, 3.63) is 36.6 Å². The maximum Gasteiger partial charge on any atom is 0.306 e. The molecule has 0 fully saturated rings. The molecular formula is C44H84NO8P. The predicted molar refractivity (Wildman–Crippen MR) is 223 cm³/mol. The van der Waals surface area contributed by atoms with Gasteiger partial charge in [-0.1, -0.05) is 160 Å². The van der Waals surface area contributed by atoms with Gasteiger partial charge in [0.05, 0.1) is 40.1 Å². The van der Waals surface area contributed by atoms with Crippen LogP contribution in [-0.2, 0) is 27.9 Å². The monoisotopic (exact) mass is 786 g/mol. The molecule has 0 bridgehead atoms. The van der Waals surface area contributed by atoms with Crippen LogP contribution in [-0.4, -0.2) is 75.3 Å². The molecule has 0 spiro atoms. The fourth-order valence-electron chi connectivity index (χ4n) is 5.88. The van der Waals surface area contributed by atoms with Crippen molar-refractivity contribution in [3.63, 3.8) is 0 Å². The van der Waals surface area contributed by atoms with Crippen molar-refractivity contribution in [2.45, 2.75) is 193 Å². The maximum absolute atomic E-state index is 12.7. The second-order valence-corrected chi connectivity index (χ2v) is 17.4. The number of carbonyl (C=O) groups excluding carboxylic acids is 1. The van der Waals surface area contributed by atoms with Crippen LogP contribution in [0.2, 0.25) is 0 Å². The second-order valence-electron chi connectivity index (χ2n) is 16.0. The van der Waals surface area contributed by atoms with Crippen LogP contribution in [0.4, 0.5) is 0 Å². The third kappa shape index (κ3) is 40.2. The van der Waals surface area contributed by atoms with Gasteiger partial charge in [-0.2, -0.15) is 0 Å². The van der Waals surface area contributed by atoms with E-state index in [2.05, 4.69) is 19.9 Å². The molecule has 9 nitrogen and oxygen atoms in total. The van der Waals surface area contributed by atoms with Crippen molar-refractivity contribution in [2.75, 3.05) is 47.5 Å². The van der Waals surface area contributed by atoms with Crippen molar-refractivity contribution in [1.29, 1.82) is 0 Å². The normalized spacial score (nSPS) is 14.6. The summed E-state index contributed by atoms with van der Waals surface area (Å²) >= 11 is 0. The first-order valence-electron chi connectivity index (χ1n) is 21.9. The molecule has 0 aromatic heterocycles. The minimum atomic E-state index is -4.56. The van der Waals surface area contributed by atoms with Gasteiger partial charge in [-0.25, -0.2) is 0 Å². The average molecular weight is 786 g/mol. The first-order valence-corrected chi connectivity index (χ1v) is 23.3. The number of likely N-dealkylation sites (N-methyl/N-ethyl adjacent to an activating group) is 1. The van der Waals surface area contributed by atoms with Crippen molar-refractivity contribution in [2.24, 2.45) is 0 Å². The van der Waals surface area contributed by atoms with E-state index >= 15 is 0 Å². The summed E-state index contributed by atoms with van der Waals surface area (Å²) in [5.74, 6) is -0.409. The smallest absolute Gasteiger partial charge is 0.306 e. The molecule has 0 aromatic rings. The second kappa shape index (κ2) is 37.1. The minimum absolute atomic E-state index is 0.000572. The molecule has 0 saturated carbocycles. The van der Waals surface area contributed by atoms with Crippen LogP contribution in [0.1, 0.15) is 181 Å². The number of rotatable bonds is 40. The standard InChI is InChI=1S/C44H84NO8P/c1-6-8-10-12-14-15-16-17-18-19-20-21-22-24-29-33-38-50-40-43(41-52-54(48,49)51-39-37-45(3,4)5)53-44(47)36-32-28-25-27-31-35-42(46)34-30-26-23-13-11-9-7-2/h23,26,30,33-34,38,42-43,46H,6-22,24-25,27-29,31-32,35-37,39-41H2,1-5H3/b26-23-,34-30+,38-33-. The summed E-state index contributed by atoms with van der Waals surface area (Å²) in [5.41, 5.74) is 0. The van der Waals surface area contributed by atoms with Gasteiger partial charge in [-0.15, -0.1) is 0 Å². The first-order chi connectivity index (χ1) is 26.0. The topological polar surface area (TPSA) is 114 Å². The van der Waals surface area contributed by atoms with Crippen LogP contribution in [0.25, 0.3) is 0 Å². The van der Waals surface area contributed by atoms with Crippen LogP contribution < -0.4 is 4.89 Å². The highest BCUT2D eigenvalue weighted by molar-refractivity contribution is 7.45. The Balaban J connectivity index is 4.37. The highest BCUT2D eigenvalue weighted by Gasteiger charge is 2.20. The molecule has 0 rings (SSSR count). The molecule has 0 amide bonds. The number of allylic oxidation sites excluding steroid dienone is 4. The van der Waals surface area contributed by atoms with E-state index < -0.39 is 26.0 Å². The summed E-state index contributed by atoms with van der Waals surface area (Å²) in [7, 11) is 1.27. The Bertz CT molecular complexity index is 980. The number of carbonyl (C=O) groups is 1. The van der Waals surface area contributed by atoms with E-state index in [0.29, 0.717) is 17.4 Å². The largest absolute Gasteiger partial charge is 0.756 e. The maximum atomic E-state index is 12.7. The zero-order chi connectivity index (χ0) is 40.0. The summed E-state index contributed by atoms with van der Waals surface area (Å²) < 4.78 is 34.2. The molecule has 10 heteroatoms. The molecule has 0 aromatic carbocycles. The SMILES string of the molecule is CCCCC/C=C\C=C\C(O)CCCCCCCC(=O)OC(CO/C=C\CCCCCCCCCCCCCCCC)COP(=O)([O-])OCC[N+](C)(C)C. The zero-order valence-corrected chi connectivity index (χ0v) is 36.4. The molecule has 3 atom stereocenters. The van der Waals surface area contributed by atoms with E-state index in [4.69, 9.17) is 18.5 Å². The number of quaternary nitrogens is 1. The van der Waals surface area contributed by atoms with Crippen molar-refractivity contribution in [1.82, 2.24) is 0 Å². The highest BCUT2D eigenvalue weighted by Crippen LogP contribution is 2.38. The zero-order valence-electron chi connectivity index (χ0n) is 35.5. The fraction of sp³-hybridized carbons (Fsp3) is 0.841. The van der Waals surface area contributed by atoms with Gasteiger partial charge in [0.2, 0.25) is 0 Å². The lowest BCUT2D eigenvalue weighted by Crippen LogP contribution is -2.37. The molecule has 54 heavy (non-hydrogen) atoms. The number of ether oxygens (including phenoxy) is 2. The number of aliphatic hydroxyl groups is 1. The predicted octanol–water partition coefficient (Wildman–Crippen LogP) is 11.3. The molecule has 0 radical (unpaired) electrons. The van der Waals surface area contributed by atoms with E-state index in [1.165, 1.54) is 103 Å². The summed E-state index contributed by atoms with van der Waals surface area (Å²) in [5, 5.41) is 10.2. The van der Waals surface area contributed by atoms with Gasteiger partial charge in [0.15, 0.2) is 6.10 Å². The molecular weight excluding hydrogens is 701 g/mol. The number of phosphoric acid groups is 1. The van der Waals surface area contributed by atoms with Crippen LogP contribution in [0.15, 0.2) is 36.6 Å². The fourth-order valence-corrected chi connectivity index (χ4v) is 6.61. The van der Waals surface area contributed by atoms with Crippen molar-refractivity contribution in [3.8, 4) is 0 Å². The number of phosphoric ester groups is 1. The minimum Gasteiger partial charge on any atom is -0.756 e.